The molecule has 0 aliphatic carbocycles. The molecule has 0 saturated carbocycles. The first kappa shape index (κ1) is 38.0. The third kappa shape index (κ3) is 15.2. The van der Waals surface area contributed by atoms with Gasteiger partial charge in [-0.05, 0) is 76.0 Å². The molecule has 3 N–H and O–H groups in total. The van der Waals surface area contributed by atoms with Gasteiger partial charge >= 0.3 is 0 Å². The van der Waals surface area contributed by atoms with Crippen LogP contribution in [0.2, 0.25) is 5.02 Å². The van der Waals surface area contributed by atoms with Crippen molar-refractivity contribution in [1.82, 2.24) is 15.1 Å². The molecule has 0 aromatic heterocycles. The van der Waals surface area contributed by atoms with E-state index in [9.17, 15) is 0 Å². The van der Waals surface area contributed by atoms with Gasteiger partial charge in [-0.2, -0.15) is 0 Å². The van der Waals surface area contributed by atoms with Crippen molar-refractivity contribution in [1.29, 1.82) is 0 Å². The van der Waals surface area contributed by atoms with E-state index in [-0.39, 0.29) is 11.5 Å². The van der Waals surface area contributed by atoms with Gasteiger partial charge < -0.3 is 16.0 Å². The van der Waals surface area contributed by atoms with Crippen LogP contribution in [0.3, 0.4) is 0 Å². The van der Waals surface area contributed by atoms with Gasteiger partial charge in [0.25, 0.3) is 0 Å². The fourth-order valence-corrected chi connectivity index (χ4v) is 4.67. The average Bonchev–Trinajstić information content (AvgIpc) is 2.88. The summed E-state index contributed by atoms with van der Waals surface area (Å²) < 4.78 is 0. The number of rotatable bonds is 7. The summed E-state index contributed by atoms with van der Waals surface area (Å²) >= 11 is 6.15. The first-order valence-electron chi connectivity index (χ1n) is 14.5. The molecule has 0 spiro atoms. The van der Waals surface area contributed by atoms with Crippen molar-refractivity contribution in [3.8, 4) is 0 Å². The van der Waals surface area contributed by atoms with E-state index in [0.29, 0.717) is 6.04 Å². The first-order valence-corrected chi connectivity index (χ1v) is 14.9. The van der Waals surface area contributed by atoms with Crippen LogP contribution in [0.1, 0.15) is 71.2 Å². The molecule has 40 heavy (non-hydrogen) atoms. The lowest BCUT2D eigenvalue weighted by Crippen LogP contribution is -2.57. The fraction of sp³-hybridized carbons (Fsp3) is 0.543. The predicted molar refractivity (Wildman–Crippen MR) is 180 cm³/mol. The Balaban J connectivity index is 0.000000908. The molecular weight excluding hydrogens is 512 g/mol. The Hall–Kier alpha value is -1.95. The standard InChI is InChI=1S/C23H31ClN2.C7H15N.C4H8.CH5N/c1-17-6-8-18(9-7-17)22(19-10-12-20(24)13-11-19)26-15-14-25(5)21(16-26)23(2,3)4;1-4-5-8-6-7(2)3;1-4(2)3;1-2/h6-13,21-22H,14-16H2,1-5H3;4,7-8H,1,5-6H2,2-3H3;1H2,2-3H3;2H2,1H3. The summed E-state index contributed by atoms with van der Waals surface area (Å²) in [6, 6.07) is 18.2. The van der Waals surface area contributed by atoms with Gasteiger partial charge in [-0.1, -0.05) is 99.8 Å². The number of hydrogen-bond donors (Lipinski definition) is 2. The maximum Gasteiger partial charge on any atom is 0.0602 e. The SMILES string of the molecule is C=C(C)C.C=CCNCC(C)C.CN.Cc1ccc(C(c2ccc(Cl)cc2)N2CCN(C)C(C(C)(C)C)C2)cc1. The van der Waals surface area contributed by atoms with Crippen LogP contribution < -0.4 is 11.1 Å². The van der Waals surface area contributed by atoms with Gasteiger partial charge in [0.05, 0.1) is 6.04 Å². The molecule has 2 aromatic rings. The lowest BCUT2D eigenvalue weighted by molar-refractivity contribution is 0.0205. The maximum atomic E-state index is 6.15. The Labute approximate surface area is 252 Å². The van der Waals surface area contributed by atoms with E-state index in [1.165, 1.54) is 29.3 Å². The van der Waals surface area contributed by atoms with Crippen molar-refractivity contribution in [2.24, 2.45) is 17.1 Å². The molecule has 1 fully saturated rings. The van der Waals surface area contributed by atoms with Crippen LogP contribution in [-0.4, -0.2) is 62.7 Å². The summed E-state index contributed by atoms with van der Waals surface area (Å²) in [7, 11) is 3.76. The number of hydrogen-bond acceptors (Lipinski definition) is 4. The Morgan fingerprint density at radius 3 is 1.93 bits per heavy atom. The Morgan fingerprint density at radius 2 is 1.50 bits per heavy atom. The molecular formula is C35H59ClN4. The van der Waals surface area contributed by atoms with Gasteiger partial charge in [0.1, 0.15) is 0 Å². The first-order chi connectivity index (χ1) is 18.8. The number of nitrogens with one attached hydrogen (secondary N) is 1. The molecule has 4 nitrogen and oxygen atoms in total. The van der Waals surface area contributed by atoms with E-state index in [0.717, 1.165) is 43.7 Å². The minimum atomic E-state index is 0.255. The highest BCUT2D eigenvalue weighted by Crippen LogP contribution is 2.34. The highest BCUT2D eigenvalue weighted by molar-refractivity contribution is 6.30. The number of nitrogens with two attached hydrogens (primary N) is 1. The Morgan fingerprint density at radius 1 is 1.02 bits per heavy atom. The lowest BCUT2D eigenvalue weighted by atomic mass is 9.83. The van der Waals surface area contributed by atoms with Crippen LogP contribution >= 0.6 is 11.6 Å². The van der Waals surface area contributed by atoms with Crippen LogP contribution in [0.25, 0.3) is 0 Å². The van der Waals surface area contributed by atoms with E-state index in [1.54, 1.807) is 0 Å². The zero-order chi connectivity index (χ0) is 30.9. The molecule has 1 aliphatic heterocycles. The van der Waals surface area contributed by atoms with E-state index in [1.807, 2.05) is 32.1 Å². The summed E-state index contributed by atoms with van der Waals surface area (Å²) in [4.78, 5) is 5.16. The summed E-state index contributed by atoms with van der Waals surface area (Å²) in [5.74, 6) is 0.745. The van der Waals surface area contributed by atoms with Gasteiger partial charge in [-0.25, -0.2) is 0 Å². The number of likely N-dealkylation sites (N-methyl/N-ethyl adjacent to an activating group) is 1. The molecule has 2 atom stereocenters. The van der Waals surface area contributed by atoms with Gasteiger partial charge in [-0.15, -0.1) is 13.2 Å². The predicted octanol–water partition coefficient (Wildman–Crippen LogP) is 7.98. The molecule has 0 amide bonds. The second-order valence-electron chi connectivity index (χ2n) is 12.3. The number of allylic oxidation sites excluding steroid dienone is 1. The van der Waals surface area contributed by atoms with E-state index >= 15 is 0 Å². The molecule has 1 aliphatic rings. The molecule has 2 unspecified atom stereocenters. The van der Waals surface area contributed by atoms with Gasteiger partial charge in [0, 0.05) is 37.2 Å². The monoisotopic (exact) mass is 570 g/mol. The summed E-state index contributed by atoms with van der Waals surface area (Å²) in [6.07, 6.45) is 1.88. The highest BCUT2D eigenvalue weighted by Gasteiger charge is 2.36. The minimum absolute atomic E-state index is 0.255. The topological polar surface area (TPSA) is 44.5 Å². The number of aryl methyl sites for hydroxylation is 1. The average molecular weight is 571 g/mol. The Bertz CT molecular complexity index is 895. The second-order valence-corrected chi connectivity index (χ2v) is 12.7. The van der Waals surface area contributed by atoms with Crippen LogP contribution in [0.15, 0.2) is 73.3 Å². The van der Waals surface area contributed by atoms with Crippen molar-refractivity contribution in [3.63, 3.8) is 0 Å². The molecule has 1 heterocycles. The largest absolute Gasteiger partial charge is 0.333 e. The normalized spacial score (nSPS) is 16.4. The number of nitrogens with zero attached hydrogens (tertiary/aromatic N) is 2. The summed E-state index contributed by atoms with van der Waals surface area (Å²) in [6.45, 7) is 29.9. The summed E-state index contributed by atoms with van der Waals surface area (Å²) in [5.41, 5.74) is 9.89. The second kappa shape index (κ2) is 20.0. The molecule has 5 heteroatoms. The van der Waals surface area contributed by atoms with Crippen molar-refractivity contribution in [2.45, 2.75) is 67.5 Å². The van der Waals surface area contributed by atoms with Crippen LogP contribution in [0, 0.1) is 18.3 Å². The third-order valence-corrected chi connectivity index (χ3v) is 6.72. The molecule has 0 bridgehead atoms. The number of piperazine rings is 1. The van der Waals surface area contributed by atoms with Crippen molar-refractivity contribution < 1.29 is 0 Å². The minimum Gasteiger partial charge on any atom is -0.333 e. The van der Waals surface area contributed by atoms with Crippen LogP contribution in [0.5, 0.6) is 0 Å². The lowest BCUT2D eigenvalue weighted by Gasteiger charge is -2.48. The maximum absolute atomic E-state index is 6.15. The van der Waals surface area contributed by atoms with Gasteiger partial charge in [0.2, 0.25) is 0 Å². The van der Waals surface area contributed by atoms with E-state index < -0.39 is 0 Å². The number of halogens is 1. The smallest absolute Gasteiger partial charge is 0.0602 e. The molecule has 226 valence electrons. The molecule has 3 rings (SSSR count). The third-order valence-electron chi connectivity index (χ3n) is 6.46. The number of benzene rings is 2. The molecule has 1 saturated heterocycles. The van der Waals surface area contributed by atoms with Crippen LogP contribution in [0.4, 0.5) is 0 Å². The molecule has 2 aromatic carbocycles. The van der Waals surface area contributed by atoms with Crippen molar-refractivity contribution >= 4 is 11.6 Å². The summed E-state index contributed by atoms with van der Waals surface area (Å²) in [5, 5.41) is 4.01. The van der Waals surface area contributed by atoms with Gasteiger partial charge in [0.15, 0.2) is 0 Å². The van der Waals surface area contributed by atoms with Gasteiger partial charge in [-0.3, -0.25) is 4.90 Å². The van der Waals surface area contributed by atoms with E-state index in [4.69, 9.17) is 11.6 Å². The quantitative estimate of drug-likeness (QED) is 0.262. The zero-order valence-corrected chi connectivity index (χ0v) is 28.0. The van der Waals surface area contributed by atoms with Crippen LogP contribution in [-0.2, 0) is 0 Å². The zero-order valence-electron chi connectivity index (χ0n) is 27.2. The fourth-order valence-electron chi connectivity index (χ4n) is 4.55. The van der Waals surface area contributed by atoms with E-state index in [2.05, 4.69) is 119 Å². The van der Waals surface area contributed by atoms with Crippen molar-refractivity contribution in [3.05, 3.63) is 95.1 Å². The highest BCUT2D eigenvalue weighted by atomic mass is 35.5. The molecule has 0 radical (unpaired) electrons. The Kier molecular flexibility index (Phi) is 19.0. The van der Waals surface area contributed by atoms with Crippen molar-refractivity contribution in [2.75, 3.05) is 46.8 Å².